The van der Waals surface area contributed by atoms with Crippen molar-refractivity contribution in [2.75, 3.05) is 0 Å². The molecule has 0 aromatic heterocycles. The fourth-order valence-electron chi connectivity index (χ4n) is 1.01. The van der Waals surface area contributed by atoms with Crippen molar-refractivity contribution in [3.63, 3.8) is 0 Å². The highest BCUT2D eigenvalue weighted by Gasteiger charge is 2.08. The van der Waals surface area contributed by atoms with Crippen molar-refractivity contribution in [1.29, 1.82) is 0 Å². The van der Waals surface area contributed by atoms with Crippen LogP contribution in [-0.2, 0) is 11.2 Å². The molecule has 0 unspecified atom stereocenters. The quantitative estimate of drug-likeness (QED) is 0.594. The van der Waals surface area contributed by atoms with Gasteiger partial charge in [-0.3, -0.25) is 0 Å². The van der Waals surface area contributed by atoms with E-state index in [1.165, 1.54) is 0 Å². The van der Waals surface area contributed by atoms with Gasteiger partial charge in [0.15, 0.2) is 0 Å². The molecule has 0 saturated carbocycles. The Balaban J connectivity index is 2.98. The molecule has 0 heterocycles. The lowest BCUT2D eigenvalue weighted by atomic mass is 10.1. The van der Waals surface area contributed by atoms with Crippen molar-refractivity contribution < 1.29 is 13.6 Å². The number of hydrogen-bond donors (Lipinski definition) is 0. The van der Waals surface area contributed by atoms with E-state index in [0.29, 0.717) is 6.29 Å². The lowest BCUT2D eigenvalue weighted by Gasteiger charge is -2.02. The molecule has 4 heteroatoms. The minimum atomic E-state index is -0.505. The number of aryl methyl sites for hydroxylation is 1. The van der Waals surface area contributed by atoms with Gasteiger partial charge in [-0.15, -0.1) is 0 Å². The minimum absolute atomic E-state index is 0.0911. The van der Waals surface area contributed by atoms with Crippen LogP contribution in [0, 0.1) is 11.6 Å². The minimum Gasteiger partial charge on any atom is -0.303 e. The van der Waals surface area contributed by atoms with E-state index in [1.54, 1.807) is 0 Å². The van der Waals surface area contributed by atoms with Gasteiger partial charge in [0, 0.05) is 6.42 Å². The molecule has 1 aromatic rings. The highest BCUT2D eigenvalue weighted by Crippen LogP contribution is 2.21. The molecule has 1 rings (SSSR count). The van der Waals surface area contributed by atoms with Crippen LogP contribution in [0.5, 0.6) is 0 Å². The molecular weight excluding hydrogens is 242 g/mol. The zero-order chi connectivity index (χ0) is 9.84. The maximum Gasteiger partial charge on any atom is 0.140 e. The van der Waals surface area contributed by atoms with Crippen LogP contribution in [0.1, 0.15) is 12.0 Å². The molecule has 0 atom stereocenters. The van der Waals surface area contributed by atoms with Crippen LogP contribution in [0.4, 0.5) is 8.78 Å². The Labute approximate surface area is 82.9 Å². The van der Waals surface area contributed by atoms with Crippen LogP contribution in [0.15, 0.2) is 16.6 Å². The monoisotopic (exact) mass is 248 g/mol. The topological polar surface area (TPSA) is 17.1 Å². The third-order valence-corrected chi connectivity index (χ3v) is 2.18. The molecule has 13 heavy (non-hydrogen) atoms. The van der Waals surface area contributed by atoms with Crippen molar-refractivity contribution >= 4 is 22.2 Å². The first kappa shape index (κ1) is 10.3. The second-order valence-corrected chi connectivity index (χ2v) is 3.42. The average Bonchev–Trinajstić information content (AvgIpc) is 2.09. The molecule has 0 N–H and O–H groups in total. The Kier molecular flexibility index (Phi) is 3.54. The van der Waals surface area contributed by atoms with E-state index >= 15 is 0 Å². The van der Waals surface area contributed by atoms with Gasteiger partial charge in [0.2, 0.25) is 0 Å². The molecule has 1 aromatic carbocycles. The van der Waals surface area contributed by atoms with Crippen molar-refractivity contribution in [3.8, 4) is 0 Å². The van der Waals surface area contributed by atoms with Crippen molar-refractivity contribution in [2.24, 2.45) is 0 Å². The molecule has 0 fully saturated rings. The molecule has 0 amide bonds. The summed E-state index contributed by atoms with van der Waals surface area (Å²) in [6, 6.07) is 2.16. The van der Waals surface area contributed by atoms with E-state index in [9.17, 15) is 13.6 Å². The molecule has 0 aliphatic rings. The predicted molar refractivity (Wildman–Crippen MR) is 48.4 cm³/mol. The van der Waals surface area contributed by atoms with Gasteiger partial charge in [-0.05, 0) is 40.0 Å². The van der Waals surface area contributed by atoms with Crippen LogP contribution in [-0.4, -0.2) is 6.29 Å². The highest BCUT2D eigenvalue weighted by atomic mass is 79.9. The summed E-state index contributed by atoms with van der Waals surface area (Å²) in [5.74, 6) is -1.00. The number of hydrogen-bond acceptors (Lipinski definition) is 1. The number of halogens is 3. The average molecular weight is 249 g/mol. The molecule has 0 saturated heterocycles. The van der Waals surface area contributed by atoms with E-state index < -0.39 is 11.6 Å². The summed E-state index contributed by atoms with van der Waals surface area (Å²) in [7, 11) is 0. The number of carbonyl (C=O) groups is 1. The van der Waals surface area contributed by atoms with Crippen LogP contribution in [0.2, 0.25) is 0 Å². The number of rotatable bonds is 3. The lowest BCUT2D eigenvalue weighted by Crippen LogP contribution is -1.94. The molecule has 0 aliphatic heterocycles. The van der Waals surface area contributed by atoms with Crippen LogP contribution in [0.25, 0.3) is 0 Å². The largest absolute Gasteiger partial charge is 0.303 e. The molecule has 0 bridgehead atoms. The molecule has 1 nitrogen and oxygen atoms in total. The van der Waals surface area contributed by atoms with Crippen LogP contribution < -0.4 is 0 Å². The van der Waals surface area contributed by atoms with Gasteiger partial charge >= 0.3 is 0 Å². The third kappa shape index (κ3) is 2.59. The first-order valence-corrected chi connectivity index (χ1v) is 4.51. The lowest BCUT2D eigenvalue weighted by molar-refractivity contribution is -0.107. The Morgan fingerprint density at radius 1 is 1.38 bits per heavy atom. The SMILES string of the molecule is O=CCCc1cc(F)cc(Br)c1F. The summed E-state index contributed by atoms with van der Waals surface area (Å²) in [4.78, 5) is 10.0. The maximum atomic E-state index is 13.2. The standard InChI is InChI=1S/C9H7BrF2O/c10-8-5-7(11)4-6(9(8)12)2-1-3-13/h3-5H,1-2H2. The fraction of sp³-hybridized carbons (Fsp3) is 0.222. The third-order valence-electron chi connectivity index (χ3n) is 1.60. The molecule has 0 spiro atoms. The molecule has 70 valence electrons. The summed E-state index contributed by atoms with van der Waals surface area (Å²) in [5, 5.41) is 0. The summed E-state index contributed by atoms with van der Waals surface area (Å²) in [6.07, 6.45) is 1.11. The van der Waals surface area contributed by atoms with Crippen molar-refractivity contribution in [2.45, 2.75) is 12.8 Å². The number of aldehydes is 1. The van der Waals surface area contributed by atoms with Gasteiger partial charge in [0.05, 0.1) is 4.47 Å². The highest BCUT2D eigenvalue weighted by molar-refractivity contribution is 9.10. The normalized spacial score (nSPS) is 10.1. The summed E-state index contributed by atoms with van der Waals surface area (Å²) in [6.45, 7) is 0. The van der Waals surface area contributed by atoms with Gasteiger partial charge in [0.25, 0.3) is 0 Å². The van der Waals surface area contributed by atoms with E-state index in [0.717, 1.165) is 12.1 Å². The van der Waals surface area contributed by atoms with Gasteiger partial charge in [-0.1, -0.05) is 0 Å². The van der Waals surface area contributed by atoms with Crippen LogP contribution in [0.3, 0.4) is 0 Å². The zero-order valence-electron chi connectivity index (χ0n) is 6.69. The van der Waals surface area contributed by atoms with Gasteiger partial charge in [-0.25, -0.2) is 8.78 Å². The van der Waals surface area contributed by atoms with Crippen molar-refractivity contribution in [1.82, 2.24) is 0 Å². The Bertz CT molecular complexity index is 326. The smallest absolute Gasteiger partial charge is 0.140 e. The predicted octanol–water partition coefficient (Wildman–Crippen LogP) is 2.86. The van der Waals surface area contributed by atoms with E-state index in [4.69, 9.17) is 0 Å². The number of carbonyl (C=O) groups excluding carboxylic acids is 1. The fourth-order valence-corrected chi connectivity index (χ4v) is 1.48. The number of benzene rings is 1. The second kappa shape index (κ2) is 4.46. The second-order valence-electron chi connectivity index (χ2n) is 2.57. The van der Waals surface area contributed by atoms with Crippen molar-refractivity contribution in [3.05, 3.63) is 33.8 Å². The van der Waals surface area contributed by atoms with Gasteiger partial charge in [0.1, 0.15) is 17.9 Å². The Morgan fingerprint density at radius 3 is 2.69 bits per heavy atom. The Morgan fingerprint density at radius 2 is 2.08 bits per heavy atom. The molecule has 0 aliphatic carbocycles. The first-order chi connectivity index (χ1) is 6.15. The van der Waals surface area contributed by atoms with E-state index in [-0.39, 0.29) is 22.9 Å². The summed E-state index contributed by atoms with van der Waals surface area (Å²) < 4.78 is 26.0. The van der Waals surface area contributed by atoms with Gasteiger partial charge in [-0.2, -0.15) is 0 Å². The summed E-state index contributed by atoms with van der Waals surface area (Å²) in [5.41, 5.74) is 0.221. The van der Waals surface area contributed by atoms with Crippen LogP contribution >= 0.6 is 15.9 Å². The Hall–Kier alpha value is -0.770. The molecular formula is C9H7BrF2O. The summed E-state index contributed by atoms with van der Waals surface area (Å²) >= 11 is 2.89. The maximum absolute atomic E-state index is 13.2. The first-order valence-electron chi connectivity index (χ1n) is 3.72. The zero-order valence-corrected chi connectivity index (χ0v) is 8.27. The molecule has 0 radical (unpaired) electrons. The van der Waals surface area contributed by atoms with E-state index in [2.05, 4.69) is 15.9 Å². The van der Waals surface area contributed by atoms with E-state index in [1.807, 2.05) is 0 Å². The van der Waals surface area contributed by atoms with Gasteiger partial charge < -0.3 is 4.79 Å².